The number of methoxy groups -OCH3 is 1. The summed E-state index contributed by atoms with van der Waals surface area (Å²) in [4.78, 5) is 16.1. The molecule has 1 atom stereocenters. The summed E-state index contributed by atoms with van der Waals surface area (Å²) in [6.07, 6.45) is 1.73. The van der Waals surface area contributed by atoms with Crippen molar-refractivity contribution in [1.82, 2.24) is 24.5 Å². The Hall–Kier alpha value is -3.30. The van der Waals surface area contributed by atoms with Crippen LogP contribution in [-0.4, -0.2) is 38.2 Å². The molecule has 3 N–H and O–H groups in total. The van der Waals surface area contributed by atoms with Gasteiger partial charge in [0, 0.05) is 43.4 Å². The number of fused-ring (bicyclic) bond motifs is 1. The van der Waals surface area contributed by atoms with Gasteiger partial charge in [-0.1, -0.05) is 19.0 Å². The van der Waals surface area contributed by atoms with Crippen molar-refractivity contribution in [2.45, 2.75) is 39.3 Å². The predicted octanol–water partition coefficient (Wildman–Crippen LogP) is 3.10. The highest BCUT2D eigenvalue weighted by Gasteiger charge is 2.27. The van der Waals surface area contributed by atoms with Crippen LogP contribution in [0.5, 0.6) is 0 Å². The number of nitrogens with two attached hydrogens (primary N) is 1. The molecule has 3 rings (SSSR count). The molecule has 0 amide bonds. The van der Waals surface area contributed by atoms with Crippen molar-refractivity contribution in [3.05, 3.63) is 38.8 Å². The first-order chi connectivity index (χ1) is 14.1. The third-order valence-corrected chi connectivity index (χ3v) is 5.52. The van der Waals surface area contributed by atoms with Gasteiger partial charge in [-0.05, 0) is 31.4 Å². The number of aromatic amines is 1. The molecule has 0 aliphatic carbocycles. The topological polar surface area (TPSA) is 153 Å². The van der Waals surface area contributed by atoms with Crippen LogP contribution in [0.4, 0.5) is 5.82 Å². The number of aromatic nitrogens is 5. The van der Waals surface area contributed by atoms with Crippen LogP contribution in [0.1, 0.15) is 39.4 Å². The molecule has 0 unspecified atom stereocenters. The first-order valence-electron chi connectivity index (χ1n) is 9.62. The summed E-state index contributed by atoms with van der Waals surface area (Å²) in [5.41, 5.74) is 16.6. The van der Waals surface area contributed by atoms with E-state index in [0.717, 1.165) is 5.69 Å². The molecule has 11 nitrogen and oxygen atoms in total. The Morgan fingerprint density at radius 3 is 2.73 bits per heavy atom. The van der Waals surface area contributed by atoms with Crippen LogP contribution in [-0.2, 0) is 17.4 Å². The molecule has 160 valence electrons. The molecule has 30 heavy (non-hydrogen) atoms. The third kappa shape index (κ3) is 3.53. The van der Waals surface area contributed by atoms with E-state index in [9.17, 15) is 4.79 Å². The predicted molar refractivity (Wildman–Crippen MR) is 115 cm³/mol. The first-order valence-corrected chi connectivity index (χ1v) is 9.62. The fourth-order valence-electron chi connectivity index (χ4n) is 3.61. The smallest absolute Gasteiger partial charge is 0.264 e. The number of H-pyrrole nitrogens is 1. The number of hydrogen-bond donors (Lipinski definition) is 2. The Bertz CT molecular complexity index is 1180. The number of ether oxygens (including phenoxy) is 1. The monoisotopic (exact) mass is 413 g/mol. The molecule has 3 aromatic rings. The van der Waals surface area contributed by atoms with Gasteiger partial charge in [0.05, 0.1) is 16.9 Å². The summed E-state index contributed by atoms with van der Waals surface area (Å²) in [6, 6.07) is 1.58. The number of azide groups is 1. The van der Waals surface area contributed by atoms with Gasteiger partial charge in [-0.3, -0.25) is 14.6 Å². The Morgan fingerprint density at radius 2 is 2.13 bits per heavy atom. The number of nitrogen functional groups attached to an aromatic ring is 1. The van der Waals surface area contributed by atoms with E-state index in [2.05, 4.69) is 25.3 Å². The van der Waals surface area contributed by atoms with Gasteiger partial charge in [-0.15, -0.1) is 0 Å². The second kappa shape index (κ2) is 7.85. The fraction of sp³-hybridized carbons (Fsp3) is 0.526. The second-order valence-corrected chi connectivity index (χ2v) is 8.09. The lowest BCUT2D eigenvalue weighted by molar-refractivity contribution is 0.0123. The molecular weight excluding hydrogens is 386 g/mol. The van der Waals surface area contributed by atoms with E-state index in [1.54, 1.807) is 22.6 Å². The second-order valence-electron chi connectivity index (χ2n) is 8.09. The van der Waals surface area contributed by atoms with Crippen molar-refractivity contribution in [2.75, 3.05) is 19.4 Å². The molecule has 0 spiro atoms. The molecule has 3 aromatic heterocycles. The van der Waals surface area contributed by atoms with E-state index in [-0.39, 0.29) is 35.3 Å². The van der Waals surface area contributed by atoms with Gasteiger partial charge < -0.3 is 15.0 Å². The van der Waals surface area contributed by atoms with Gasteiger partial charge in [0.25, 0.3) is 5.56 Å². The van der Waals surface area contributed by atoms with Crippen molar-refractivity contribution in [2.24, 2.45) is 18.1 Å². The Labute approximate surface area is 173 Å². The van der Waals surface area contributed by atoms with E-state index in [1.807, 2.05) is 40.8 Å². The minimum atomic E-state index is -0.553. The van der Waals surface area contributed by atoms with Crippen LogP contribution in [0.15, 0.2) is 22.2 Å². The number of nitrogens with one attached hydrogen (secondary N) is 1. The first kappa shape index (κ1) is 21.4. The number of hydrogen-bond acceptors (Lipinski definition) is 6. The Balaban J connectivity index is 2.31. The van der Waals surface area contributed by atoms with Crippen molar-refractivity contribution in [3.8, 4) is 11.3 Å². The summed E-state index contributed by atoms with van der Waals surface area (Å²) < 4.78 is 8.92. The van der Waals surface area contributed by atoms with E-state index in [0.29, 0.717) is 16.8 Å². The number of rotatable bonds is 7. The van der Waals surface area contributed by atoms with Crippen LogP contribution in [0, 0.1) is 5.92 Å². The highest BCUT2D eigenvalue weighted by molar-refractivity contribution is 5.97. The van der Waals surface area contributed by atoms with Crippen molar-refractivity contribution < 1.29 is 4.74 Å². The largest absolute Gasteiger partial charge is 0.382 e. The van der Waals surface area contributed by atoms with Crippen molar-refractivity contribution >= 4 is 16.7 Å². The fourth-order valence-corrected chi connectivity index (χ4v) is 3.61. The van der Waals surface area contributed by atoms with Crippen LogP contribution in [0.3, 0.4) is 0 Å². The van der Waals surface area contributed by atoms with E-state index in [1.165, 1.54) is 0 Å². The van der Waals surface area contributed by atoms with Crippen molar-refractivity contribution in [1.29, 1.82) is 0 Å². The highest BCUT2D eigenvalue weighted by Crippen LogP contribution is 2.32. The molecule has 11 heteroatoms. The highest BCUT2D eigenvalue weighted by atomic mass is 16.5. The van der Waals surface area contributed by atoms with Gasteiger partial charge in [0.1, 0.15) is 11.0 Å². The minimum absolute atomic E-state index is 0.0401. The lowest BCUT2D eigenvalue weighted by Crippen LogP contribution is -2.29. The average molecular weight is 413 g/mol. The van der Waals surface area contributed by atoms with Crippen LogP contribution >= 0.6 is 0 Å². The zero-order valence-electron chi connectivity index (χ0n) is 18.0. The normalized spacial score (nSPS) is 13.0. The standard InChI is InChI=1S/C19H27N9O2/c1-10(2)13(8-22-26-21)28-9-11(16-15(18(28)29)17(20)24-23-16)12-7-14(27(5)25-12)19(3,4)30-6/h7,9-10,13H,8H2,1-6H3,(H3,20,23,24)/t13-/m0/s1. The van der Waals surface area contributed by atoms with E-state index < -0.39 is 5.60 Å². The molecule has 3 heterocycles. The summed E-state index contributed by atoms with van der Waals surface area (Å²) in [6.45, 7) is 7.97. The van der Waals surface area contributed by atoms with E-state index >= 15 is 0 Å². The van der Waals surface area contributed by atoms with Crippen LogP contribution in [0.2, 0.25) is 0 Å². The molecular formula is C19H27N9O2. The summed E-state index contributed by atoms with van der Waals surface area (Å²) >= 11 is 0. The summed E-state index contributed by atoms with van der Waals surface area (Å²) in [5, 5.41) is 15.5. The molecule has 0 bridgehead atoms. The molecule has 0 saturated heterocycles. The molecule has 0 radical (unpaired) electrons. The zero-order valence-corrected chi connectivity index (χ0v) is 18.0. The summed E-state index contributed by atoms with van der Waals surface area (Å²) in [5.74, 6) is 0.156. The number of pyridine rings is 1. The van der Waals surface area contributed by atoms with Gasteiger partial charge in [-0.2, -0.15) is 10.2 Å². The third-order valence-electron chi connectivity index (χ3n) is 5.52. The summed E-state index contributed by atoms with van der Waals surface area (Å²) in [7, 11) is 3.48. The Kier molecular flexibility index (Phi) is 5.60. The van der Waals surface area contributed by atoms with Gasteiger partial charge in [0.2, 0.25) is 0 Å². The average Bonchev–Trinajstić information content (AvgIpc) is 3.27. The van der Waals surface area contributed by atoms with Crippen molar-refractivity contribution in [3.63, 3.8) is 0 Å². The lowest BCUT2D eigenvalue weighted by Gasteiger charge is -2.23. The number of aryl methyl sites for hydroxylation is 1. The molecule has 0 aromatic carbocycles. The maximum Gasteiger partial charge on any atom is 0.264 e. The lowest BCUT2D eigenvalue weighted by atomic mass is 10.0. The molecule has 0 aliphatic rings. The van der Waals surface area contributed by atoms with Gasteiger partial charge in [0.15, 0.2) is 5.82 Å². The molecule has 0 aliphatic heterocycles. The SMILES string of the molecule is COC(C)(C)c1cc(-c2cn([C@@H](CN=[N+]=[N-])C(C)C)c(=O)c3c(N)n[nH]c23)nn1C. The minimum Gasteiger partial charge on any atom is -0.382 e. The number of nitrogens with zero attached hydrogens (tertiary/aromatic N) is 7. The number of anilines is 1. The van der Waals surface area contributed by atoms with E-state index in [4.69, 9.17) is 16.0 Å². The zero-order chi connectivity index (χ0) is 22.2. The molecule has 0 fully saturated rings. The van der Waals surface area contributed by atoms with Crippen LogP contribution in [0.25, 0.3) is 32.6 Å². The quantitative estimate of drug-likeness (QED) is 0.346. The van der Waals surface area contributed by atoms with Crippen LogP contribution < -0.4 is 11.3 Å². The molecule has 0 saturated carbocycles. The maximum absolute atomic E-state index is 13.2. The Morgan fingerprint density at radius 1 is 1.43 bits per heavy atom. The van der Waals surface area contributed by atoms with Gasteiger partial charge >= 0.3 is 0 Å². The maximum atomic E-state index is 13.2. The van der Waals surface area contributed by atoms with Gasteiger partial charge in [-0.25, -0.2) is 0 Å².